The van der Waals surface area contributed by atoms with Crippen molar-refractivity contribution in [3.63, 3.8) is 0 Å². The van der Waals surface area contributed by atoms with E-state index in [0.717, 1.165) is 11.1 Å². The zero-order valence-electron chi connectivity index (χ0n) is 19.8. The standard InChI is InChI=1S/C27H29NO6/c1-5-32-26(30)21-16(4)28-19-14-18(20-12-9-13-34-20)23(27(31)33-6-2)25(29)24(19)22(21)17-11-8-7-10-15(17)3/h7-13,18,22-23,28H,5-6,14H2,1-4H3/t18-,22+,23+/m0/s1. The Hall–Kier alpha value is -3.61. The molecular formula is C27H29NO6. The van der Waals surface area contributed by atoms with Crippen LogP contribution in [0.15, 0.2) is 69.6 Å². The third-order valence-electron chi connectivity index (χ3n) is 6.46. The second-order valence-electron chi connectivity index (χ2n) is 8.49. The van der Waals surface area contributed by atoms with Gasteiger partial charge in [0, 0.05) is 28.8 Å². The van der Waals surface area contributed by atoms with E-state index in [1.165, 1.54) is 6.26 Å². The molecule has 0 spiro atoms. The van der Waals surface area contributed by atoms with Gasteiger partial charge >= 0.3 is 11.9 Å². The van der Waals surface area contributed by atoms with Gasteiger partial charge in [-0.15, -0.1) is 0 Å². The average Bonchev–Trinajstić information content (AvgIpc) is 3.33. The minimum Gasteiger partial charge on any atom is -0.469 e. The molecule has 1 aliphatic carbocycles. The lowest BCUT2D eigenvalue weighted by Crippen LogP contribution is -2.43. The Morgan fingerprint density at radius 1 is 1.06 bits per heavy atom. The lowest BCUT2D eigenvalue weighted by Gasteiger charge is -2.39. The summed E-state index contributed by atoms with van der Waals surface area (Å²) in [7, 11) is 0. The quantitative estimate of drug-likeness (QED) is 0.504. The van der Waals surface area contributed by atoms with Crippen LogP contribution in [0.2, 0.25) is 0 Å². The molecule has 178 valence electrons. The molecule has 2 aromatic rings. The number of ether oxygens (including phenoxy) is 2. The molecule has 0 saturated carbocycles. The number of aryl methyl sites for hydroxylation is 1. The maximum atomic E-state index is 14.1. The summed E-state index contributed by atoms with van der Waals surface area (Å²) in [6, 6.07) is 11.1. The van der Waals surface area contributed by atoms with E-state index in [2.05, 4.69) is 5.32 Å². The molecule has 7 heteroatoms. The van der Waals surface area contributed by atoms with Gasteiger partial charge in [0.25, 0.3) is 0 Å². The molecule has 2 aliphatic rings. The van der Waals surface area contributed by atoms with Crippen LogP contribution < -0.4 is 5.32 Å². The van der Waals surface area contributed by atoms with E-state index in [9.17, 15) is 14.4 Å². The van der Waals surface area contributed by atoms with Crippen LogP contribution in [0.25, 0.3) is 0 Å². The summed E-state index contributed by atoms with van der Waals surface area (Å²) in [6.07, 6.45) is 1.90. The Labute approximate surface area is 198 Å². The number of carbonyl (C=O) groups excluding carboxylic acids is 3. The Morgan fingerprint density at radius 2 is 1.79 bits per heavy atom. The smallest absolute Gasteiger partial charge is 0.336 e. The monoisotopic (exact) mass is 463 g/mol. The predicted molar refractivity (Wildman–Crippen MR) is 125 cm³/mol. The first kappa shape index (κ1) is 23.5. The van der Waals surface area contributed by atoms with Crippen LogP contribution in [0, 0.1) is 12.8 Å². The van der Waals surface area contributed by atoms with Crippen molar-refractivity contribution in [1.82, 2.24) is 5.32 Å². The van der Waals surface area contributed by atoms with Crippen molar-refractivity contribution >= 4 is 17.7 Å². The fourth-order valence-corrected chi connectivity index (χ4v) is 5.01. The number of allylic oxidation sites excluding steroid dienone is 3. The van der Waals surface area contributed by atoms with Gasteiger partial charge in [-0.2, -0.15) is 0 Å². The molecule has 2 heterocycles. The minimum atomic E-state index is -1.07. The first-order chi connectivity index (χ1) is 16.4. The number of carbonyl (C=O) groups is 3. The summed E-state index contributed by atoms with van der Waals surface area (Å²) in [5.41, 5.74) is 3.86. The molecule has 0 saturated heterocycles. The zero-order chi connectivity index (χ0) is 24.4. The molecule has 0 amide bonds. The number of hydrogen-bond acceptors (Lipinski definition) is 7. The number of furan rings is 1. The largest absolute Gasteiger partial charge is 0.469 e. The van der Waals surface area contributed by atoms with Crippen LogP contribution in [-0.4, -0.2) is 30.9 Å². The fraction of sp³-hybridized carbons (Fsp3) is 0.370. The second kappa shape index (κ2) is 9.71. The van der Waals surface area contributed by atoms with Crippen molar-refractivity contribution in [2.45, 2.75) is 46.0 Å². The van der Waals surface area contributed by atoms with Gasteiger partial charge in [-0.3, -0.25) is 9.59 Å². The van der Waals surface area contributed by atoms with Gasteiger partial charge in [0.1, 0.15) is 11.7 Å². The highest BCUT2D eigenvalue weighted by molar-refractivity contribution is 6.13. The third kappa shape index (κ3) is 4.06. The van der Waals surface area contributed by atoms with Crippen molar-refractivity contribution < 1.29 is 28.3 Å². The maximum Gasteiger partial charge on any atom is 0.336 e. The van der Waals surface area contributed by atoms with Crippen LogP contribution >= 0.6 is 0 Å². The molecule has 1 aromatic heterocycles. The highest BCUT2D eigenvalue weighted by Crippen LogP contribution is 2.48. The zero-order valence-corrected chi connectivity index (χ0v) is 19.8. The Kier molecular flexibility index (Phi) is 6.72. The number of hydrogen-bond donors (Lipinski definition) is 1. The molecule has 0 radical (unpaired) electrons. The normalized spacial score (nSPS) is 22.2. The Morgan fingerprint density at radius 3 is 2.44 bits per heavy atom. The van der Waals surface area contributed by atoms with Crippen molar-refractivity contribution in [3.8, 4) is 0 Å². The van der Waals surface area contributed by atoms with E-state index in [4.69, 9.17) is 13.9 Å². The Balaban J connectivity index is 1.90. The first-order valence-corrected chi connectivity index (χ1v) is 11.6. The summed E-state index contributed by atoms with van der Waals surface area (Å²) < 4.78 is 16.3. The summed E-state index contributed by atoms with van der Waals surface area (Å²) in [6.45, 7) is 7.58. The van der Waals surface area contributed by atoms with E-state index in [1.54, 1.807) is 26.0 Å². The van der Waals surface area contributed by atoms with Gasteiger partial charge in [-0.1, -0.05) is 24.3 Å². The fourth-order valence-electron chi connectivity index (χ4n) is 5.01. The SMILES string of the molecule is CCOC(=O)C1=C(C)NC2=C(C(=O)[C@H](C(=O)OCC)[C@H](c3ccco3)C2)[C@@H]1c1ccccc1C. The van der Waals surface area contributed by atoms with Gasteiger partial charge in [0.05, 0.1) is 25.1 Å². The van der Waals surface area contributed by atoms with Gasteiger partial charge in [-0.25, -0.2) is 4.79 Å². The van der Waals surface area contributed by atoms with Crippen LogP contribution in [0.3, 0.4) is 0 Å². The molecule has 34 heavy (non-hydrogen) atoms. The summed E-state index contributed by atoms with van der Waals surface area (Å²) >= 11 is 0. The number of rotatable bonds is 6. The number of nitrogens with one attached hydrogen (secondary N) is 1. The number of dihydropyridines is 1. The summed E-state index contributed by atoms with van der Waals surface area (Å²) in [5, 5.41) is 3.28. The van der Waals surface area contributed by atoms with E-state index in [0.29, 0.717) is 34.7 Å². The van der Waals surface area contributed by atoms with E-state index in [1.807, 2.05) is 38.1 Å². The molecular weight excluding hydrogens is 434 g/mol. The van der Waals surface area contributed by atoms with Gasteiger partial charge in [0.15, 0.2) is 5.78 Å². The highest BCUT2D eigenvalue weighted by Gasteiger charge is 2.50. The molecule has 1 aliphatic heterocycles. The maximum absolute atomic E-state index is 14.1. The minimum absolute atomic E-state index is 0.159. The average molecular weight is 464 g/mol. The van der Waals surface area contributed by atoms with Crippen LogP contribution in [-0.2, 0) is 23.9 Å². The molecule has 1 aromatic carbocycles. The summed E-state index contributed by atoms with van der Waals surface area (Å²) in [4.78, 5) is 40.2. The third-order valence-corrected chi connectivity index (χ3v) is 6.46. The van der Waals surface area contributed by atoms with Crippen LogP contribution in [0.4, 0.5) is 0 Å². The van der Waals surface area contributed by atoms with Gasteiger partial charge in [-0.05, 0) is 57.4 Å². The predicted octanol–water partition coefficient (Wildman–Crippen LogP) is 4.30. The van der Waals surface area contributed by atoms with Gasteiger partial charge in [0.2, 0.25) is 0 Å². The molecule has 7 nitrogen and oxygen atoms in total. The lowest BCUT2D eigenvalue weighted by molar-refractivity contribution is -0.152. The molecule has 0 fully saturated rings. The molecule has 0 unspecified atom stereocenters. The first-order valence-electron chi connectivity index (χ1n) is 11.6. The molecule has 3 atom stereocenters. The van der Waals surface area contributed by atoms with Crippen molar-refractivity contribution in [3.05, 3.63) is 82.1 Å². The van der Waals surface area contributed by atoms with E-state index >= 15 is 0 Å². The number of esters is 2. The Bertz CT molecular complexity index is 1170. The van der Waals surface area contributed by atoms with E-state index < -0.39 is 29.7 Å². The van der Waals surface area contributed by atoms with Crippen molar-refractivity contribution in [2.24, 2.45) is 5.92 Å². The molecule has 0 bridgehead atoms. The van der Waals surface area contributed by atoms with E-state index in [-0.39, 0.29) is 19.0 Å². The number of ketones is 1. The van der Waals surface area contributed by atoms with Crippen molar-refractivity contribution in [2.75, 3.05) is 13.2 Å². The van der Waals surface area contributed by atoms with Crippen molar-refractivity contribution in [1.29, 1.82) is 0 Å². The number of Topliss-reactive ketones (excluding diaryl/α,β-unsaturated/α-hetero) is 1. The molecule has 1 N–H and O–H groups in total. The van der Waals surface area contributed by atoms with Gasteiger partial charge < -0.3 is 19.2 Å². The van der Waals surface area contributed by atoms with Crippen LogP contribution in [0.5, 0.6) is 0 Å². The lowest BCUT2D eigenvalue weighted by atomic mass is 9.67. The molecule has 4 rings (SSSR count). The topological polar surface area (TPSA) is 94.8 Å². The summed E-state index contributed by atoms with van der Waals surface area (Å²) in [5.74, 6) is -3.13. The van der Waals surface area contributed by atoms with Crippen LogP contribution in [0.1, 0.15) is 55.9 Å². The highest BCUT2D eigenvalue weighted by atomic mass is 16.5. The number of benzene rings is 1. The second-order valence-corrected chi connectivity index (χ2v) is 8.49.